The molecule has 25 nitrogen and oxygen atoms in total. The van der Waals surface area contributed by atoms with Gasteiger partial charge < -0.3 is 50.9 Å². The number of ether oxygens (including phenoxy) is 1. The molecule has 2 aromatic rings. The van der Waals surface area contributed by atoms with E-state index in [0.717, 1.165) is 61.1 Å². The number of aliphatic hydroxyl groups excluding tert-OH is 2. The number of unbranched alkanes of at least 4 members (excludes halogenated alkanes) is 1. The average molecular weight is 1010 g/mol. The Morgan fingerprint density at radius 1 is 1.06 bits per heavy atom. The minimum absolute atomic E-state index is 0.0267. The maximum absolute atomic E-state index is 12.7. The van der Waals surface area contributed by atoms with E-state index in [2.05, 4.69) is 53.5 Å². The summed E-state index contributed by atoms with van der Waals surface area (Å²) in [7, 11) is -16.4. The predicted octanol–water partition coefficient (Wildman–Crippen LogP) is 2.34. The Labute approximate surface area is 384 Å². The van der Waals surface area contributed by atoms with E-state index in [1.54, 1.807) is 0 Å². The third-order valence-corrected chi connectivity index (χ3v) is 14.4. The number of carbonyl (C=O) groups excluding carboxylic acids is 4. The molecular formula is C37H58N7O18P3S. The number of nitrogens with zero attached hydrogens (tertiary/aromatic N) is 4. The van der Waals surface area contributed by atoms with Gasteiger partial charge in [-0.3, -0.25) is 37.3 Å². The van der Waals surface area contributed by atoms with Crippen molar-refractivity contribution >= 4 is 74.9 Å². The van der Waals surface area contributed by atoms with E-state index in [1.807, 2.05) is 6.08 Å². The molecule has 2 aromatic heterocycles. The highest BCUT2D eigenvalue weighted by molar-refractivity contribution is 8.14. The van der Waals surface area contributed by atoms with Gasteiger partial charge in [0.1, 0.15) is 42.0 Å². The number of nitrogen functional groups attached to an aromatic ring is 1. The van der Waals surface area contributed by atoms with Gasteiger partial charge in [0.15, 0.2) is 17.7 Å². The summed E-state index contributed by atoms with van der Waals surface area (Å²) < 4.78 is 62.4. The first kappa shape index (κ1) is 55.3. The number of aliphatic hydroxyl groups is 2. The lowest BCUT2D eigenvalue weighted by atomic mass is 9.87. The number of hydrogen-bond acceptors (Lipinski definition) is 19. The Morgan fingerprint density at radius 2 is 1.79 bits per heavy atom. The van der Waals surface area contributed by atoms with Crippen molar-refractivity contribution in [2.24, 2.45) is 17.3 Å². The van der Waals surface area contributed by atoms with Gasteiger partial charge in [-0.1, -0.05) is 50.8 Å². The van der Waals surface area contributed by atoms with Gasteiger partial charge in [0.2, 0.25) is 16.9 Å². The van der Waals surface area contributed by atoms with Crippen LogP contribution in [-0.2, 0) is 55.5 Å². The highest BCUT2D eigenvalue weighted by Crippen LogP contribution is 2.61. The number of hydrogen-bond donors (Lipinski definition) is 9. The van der Waals surface area contributed by atoms with Gasteiger partial charge in [-0.05, 0) is 50.5 Å². The van der Waals surface area contributed by atoms with Gasteiger partial charge in [-0.15, -0.1) is 0 Å². The van der Waals surface area contributed by atoms with Crippen molar-refractivity contribution < 1.29 is 85.3 Å². The van der Waals surface area contributed by atoms with Crippen LogP contribution < -0.4 is 16.4 Å². The van der Waals surface area contributed by atoms with E-state index in [9.17, 15) is 62.7 Å². The van der Waals surface area contributed by atoms with Gasteiger partial charge in [0.25, 0.3) is 0 Å². The van der Waals surface area contributed by atoms with Crippen LogP contribution in [0.2, 0.25) is 0 Å². The molecule has 10 N–H and O–H groups in total. The van der Waals surface area contributed by atoms with E-state index >= 15 is 0 Å². The number of rotatable bonds is 27. The zero-order valence-corrected chi connectivity index (χ0v) is 39.9. The standard InChI is InChI=1S/C37H58N7O18P3S/c1-4-5-7-11-24-23(13-14-25(24)45)10-8-6-9-12-28(47)66-18-17-39-27(46)15-16-40-35(50)32(49)37(2,3)20-59-65(56,57)62-64(54,55)58-19-26-31(61-63(51,52)53)30(48)36(60-26)44-22-43-29-33(38)41-21-42-34(29)44/h5,7,9,12,21-24,26,30-32,36,48-49H,4,6,8,10-11,13-20H2,1-3H3,(H,39,46)(H,40,50)(H,54,55)(H,56,57)(H2,38,41,42)(H2,51,52,53)/t23?,24-,26+,30?,31-,32-,36+/m0/s1. The van der Waals surface area contributed by atoms with Crippen LogP contribution in [0.1, 0.15) is 78.4 Å². The molecule has 2 aliphatic rings. The van der Waals surface area contributed by atoms with E-state index in [0.29, 0.717) is 30.3 Å². The molecule has 3 heterocycles. The van der Waals surface area contributed by atoms with Crippen LogP contribution in [0.3, 0.4) is 0 Å². The molecule has 1 saturated carbocycles. The Bertz CT molecular complexity index is 2210. The van der Waals surface area contributed by atoms with Crippen molar-refractivity contribution in [1.29, 1.82) is 0 Å². The summed E-state index contributed by atoms with van der Waals surface area (Å²) in [5.41, 5.74) is 4.25. The van der Waals surface area contributed by atoms with Crippen molar-refractivity contribution in [3.63, 3.8) is 0 Å². The van der Waals surface area contributed by atoms with Crippen molar-refractivity contribution in [3.05, 3.63) is 37.0 Å². The minimum atomic E-state index is -5.59. The minimum Gasteiger partial charge on any atom is -0.386 e. The second-order valence-corrected chi connectivity index (χ2v) is 21.4. The van der Waals surface area contributed by atoms with Gasteiger partial charge in [-0.2, -0.15) is 4.31 Å². The number of amides is 2. The van der Waals surface area contributed by atoms with Crippen molar-refractivity contribution in [2.45, 2.75) is 103 Å². The quantitative estimate of drug-likeness (QED) is 0.0268. The summed E-state index contributed by atoms with van der Waals surface area (Å²) in [6.45, 7) is 2.48. The smallest absolute Gasteiger partial charge is 0.386 e. The first-order valence-corrected chi connectivity index (χ1v) is 26.3. The van der Waals surface area contributed by atoms with E-state index in [4.69, 9.17) is 19.5 Å². The number of nitrogens with two attached hydrogens (primary N) is 1. The SMILES string of the molecule is CCC=CC[C@@H]1C(=O)CCC1CCCC=CC(=O)SCCNC(=O)CCNC(=O)[C@H](O)C(C)(C)COP(=O)(O)OP(=O)(O)OC[C@H]1O[C@@H](n2cnc3c(N)ncnc32)C(O)[C@H]1OP(=O)(O)O. The summed E-state index contributed by atoms with van der Waals surface area (Å²) in [5, 5.41) is 26.4. The number of ketones is 1. The number of carbonyl (C=O) groups is 4. The maximum atomic E-state index is 12.7. The number of anilines is 1. The highest BCUT2D eigenvalue weighted by Gasteiger charge is 2.50. The van der Waals surface area contributed by atoms with Crippen molar-refractivity contribution in [2.75, 3.05) is 37.8 Å². The molecule has 0 radical (unpaired) electrons. The molecule has 1 aliphatic carbocycles. The molecule has 0 spiro atoms. The van der Waals surface area contributed by atoms with Crippen LogP contribution in [0.4, 0.5) is 5.82 Å². The second kappa shape index (κ2) is 24.8. The van der Waals surface area contributed by atoms with Crippen LogP contribution >= 0.6 is 35.2 Å². The van der Waals surface area contributed by atoms with Crippen LogP contribution in [-0.4, -0.2) is 128 Å². The van der Waals surface area contributed by atoms with Crippen molar-refractivity contribution in [1.82, 2.24) is 30.2 Å². The van der Waals surface area contributed by atoms with Crippen LogP contribution in [0.15, 0.2) is 37.0 Å². The molecule has 1 aliphatic heterocycles. The molecule has 0 bridgehead atoms. The largest absolute Gasteiger partial charge is 0.481 e. The summed E-state index contributed by atoms with van der Waals surface area (Å²) in [6, 6.07) is 0. The Hall–Kier alpha value is -3.29. The third-order valence-electron chi connectivity index (χ3n) is 10.5. The molecule has 4 unspecified atom stereocenters. The molecule has 66 heavy (non-hydrogen) atoms. The average Bonchev–Trinajstić information content (AvgIpc) is 3.91. The number of imidazole rings is 1. The van der Waals surface area contributed by atoms with Gasteiger partial charge >= 0.3 is 23.5 Å². The molecule has 4 rings (SSSR count). The highest BCUT2D eigenvalue weighted by atomic mass is 32.2. The monoisotopic (exact) mass is 1010 g/mol. The molecular weight excluding hydrogens is 955 g/mol. The summed E-state index contributed by atoms with van der Waals surface area (Å²) in [5.74, 6) is -0.392. The maximum Gasteiger partial charge on any atom is 0.481 e. The molecule has 29 heteroatoms. The Balaban J connectivity index is 1.13. The first-order valence-electron chi connectivity index (χ1n) is 20.8. The lowest BCUT2D eigenvalue weighted by Gasteiger charge is -2.30. The number of allylic oxidation sites excluding steroid dienone is 3. The van der Waals surface area contributed by atoms with Crippen LogP contribution in [0.25, 0.3) is 11.2 Å². The first-order chi connectivity index (χ1) is 30.9. The van der Waals surface area contributed by atoms with E-state index < -0.39 is 84.6 Å². The molecule has 2 amide bonds. The summed E-state index contributed by atoms with van der Waals surface area (Å²) in [6.07, 6.45) is 6.29. The summed E-state index contributed by atoms with van der Waals surface area (Å²) in [4.78, 5) is 101. The topological polar surface area (TPSA) is 381 Å². The number of Topliss-reactive ketones (excluding diaryl/α,β-unsaturated/α-hetero) is 1. The molecule has 0 aromatic carbocycles. The summed E-state index contributed by atoms with van der Waals surface area (Å²) >= 11 is 1.03. The zero-order chi connectivity index (χ0) is 48.9. The fourth-order valence-electron chi connectivity index (χ4n) is 7.06. The number of nitrogens with one attached hydrogen (secondary N) is 2. The van der Waals surface area contributed by atoms with Gasteiger partial charge in [-0.25, -0.2) is 28.6 Å². The number of phosphoric acid groups is 3. The molecule has 9 atom stereocenters. The Kier molecular flexibility index (Phi) is 20.8. The zero-order valence-electron chi connectivity index (χ0n) is 36.4. The lowest BCUT2D eigenvalue weighted by molar-refractivity contribution is -0.137. The molecule has 1 saturated heterocycles. The second-order valence-electron chi connectivity index (χ2n) is 16.1. The van der Waals surface area contributed by atoms with Crippen molar-refractivity contribution in [3.8, 4) is 0 Å². The number of aromatic nitrogens is 4. The number of fused-ring (bicyclic) bond motifs is 1. The van der Waals surface area contributed by atoms with Gasteiger partial charge in [0, 0.05) is 43.0 Å². The van der Waals surface area contributed by atoms with E-state index in [-0.39, 0.29) is 47.5 Å². The predicted molar refractivity (Wildman–Crippen MR) is 235 cm³/mol. The lowest BCUT2D eigenvalue weighted by Crippen LogP contribution is -2.46. The molecule has 2 fully saturated rings. The van der Waals surface area contributed by atoms with Crippen LogP contribution in [0.5, 0.6) is 0 Å². The van der Waals surface area contributed by atoms with Gasteiger partial charge in [0.05, 0.1) is 19.5 Å². The third kappa shape index (κ3) is 17.0. The number of phosphoric ester groups is 3. The fourth-order valence-corrected chi connectivity index (χ4v) is 10.5. The normalized spacial score (nSPS) is 23.9. The van der Waals surface area contributed by atoms with Crippen LogP contribution in [0, 0.1) is 17.3 Å². The fraction of sp³-hybridized carbons (Fsp3) is 0.649. The van der Waals surface area contributed by atoms with E-state index in [1.165, 1.54) is 19.9 Å². The Morgan fingerprint density at radius 3 is 2.50 bits per heavy atom. The number of thioether (sulfide) groups is 1. The molecule has 370 valence electrons.